The Hall–Kier alpha value is -3.88. The highest BCUT2D eigenvalue weighted by atomic mass is 16.4. The number of para-hydroxylation sites is 1. The van der Waals surface area contributed by atoms with Gasteiger partial charge in [0.2, 0.25) is 11.8 Å². The molecule has 0 fully saturated rings. The fourth-order valence-electron chi connectivity index (χ4n) is 2.39. The maximum Gasteiger partial charge on any atom is 0.326 e. The average molecular weight is 398 g/mol. The Labute approximate surface area is 167 Å². The van der Waals surface area contributed by atoms with Crippen molar-refractivity contribution < 1.29 is 24.3 Å². The van der Waals surface area contributed by atoms with Gasteiger partial charge in [-0.05, 0) is 17.7 Å². The van der Waals surface area contributed by atoms with E-state index in [2.05, 4.69) is 21.3 Å². The second kappa shape index (κ2) is 11.1. The maximum absolute atomic E-state index is 11.9. The summed E-state index contributed by atoms with van der Waals surface area (Å²) in [7, 11) is 0. The second-order valence-corrected chi connectivity index (χ2v) is 6.10. The molecule has 29 heavy (non-hydrogen) atoms. The predicted molar refractivity (Wildman–Crippen MR) is 106 cm³/mol. The van der Waals surface area contributed by atoms with Crippen LogP contribution in [-0.2, 0) is 20.8 Å². The topological polar surface area (TPSA) is 137 Å². The number of carbonyl (C=O) groups is 4. The lowest BCUT2D eigenvalue weighted by atomic mass is 10.1. The Morgan fingerprint density at radius 2 is 1.38 bits per heavy atom. The van der Waals surface area contributed by atoms with E-state index in [9.17, 15) is 24.3 Å². The lowest BCUT2D eigenvalue weighted by Gasteiger charge is -2.15. The van der Waals surface area contributed by atoms with E-state index in [0.29, 0.717) is 5.69 Å². The van der Waals surface area contributed by atoms with Crippen molar-refractivity contribution in [3.8, 4) is 0 Å². The van der Waals surface area contributed by atoms with Crippen LogP contribution in [0.2, 0.25) is 0 Å². The van der Waals surface area contributed by atoms with Crippen LogP contribution in [0.25, 0.3) is 0 Å². The molecule has 1 atom stereocenters. The van der Waals surface area contributed by atoms with Crippen LogP contribution in [0.15, 0.2) is 60.7 Å². The van der Waals surface area contributed by atoms with Crippen molar-refractivity contribution in [2.75, 3.05) is 18.4 Å². The molecule has 2 aromatic rings. The van der Waals surface area contributed by atoms with E-state index in [-0.39, 0.29) is 13.0 Å². The predicted octanol–water partition coefficient (Wildman–Crippen LogP) is 0.736. The highest BCUT2D eigenvalue weighted by Gasteiger charge is 2.20. The van der Waals surface area contributed by atoms with Crippen LogP contribution in [0.1, 0.15) is 5.56 Å². The number of carboxylic acid groups (broad SMARTS) is 1. The zero-order valence-corrected chi connectivity index (χ0v) is 15.6. The fourth-order valence-corrected chi connectivity index (χ4v) is 2.39. The Morgan fingerprint density at radius 1 is 0.793 bits per heavy atom. The number of carboxylic acids is 1. The lowest BCUT2D eigenvalue weighted by molar-refractivity contribution is -0.141. The largest absolute Gasteiger partial charge is 0.480 e. The number of amides is 4. The molecule has 2 rings (SSSR count). The number of anilines is 1. The minimum absolute atomic E-state index is 0.122. The number of nitrogens with one attached hydrogen (secondary N) is 4. The molecular formula is C20H22N4O5. The Kier molecular flexibility index (Phi) is 8.18. The minimum Gasteiger partial charge on any atom is -0.480 e. The first kappa shape index (κ1) is 21.4. The third-order valence-corrected chi connectivity index (χ3v) is 3.80. The third-order valence-electron chi connectivity index (χ3n) is 3.80. The Morgan fingerprint density at radius 3 is 2.00 bits per heavy atom. The third kappa shape index (κ3) is 8.12. The first-order valence-corrected chi connectivity index (χ1v) is 8.86. The Bertz CT molecular complexity index is 842. The summed E-state index contributed by atoms with van der Waals surface area (Å²) in [4.78, 5) is 46.8. The smallest absolute Gasteiger partial charge is 0.326 e. The summed E-state index contributed by atoms with van der Waals surface area (Å²) in [5.74, 6) is -2.40. The van der Waals surface area contributed by atoms with Gasteiger partial charge in [0.25, 0.3) is 0 Å². The molecule has 0 bridgehead atoms. The molecule has 0 aromatic heterocycles. The molecule has 0 saturated carbocycles. The van der Waals surface area contributed by atoms with Crippen molar-refractivity contribution in [1.82, 2.24) is 16.0 Å². The van der Waals surface area contributed by atoms with E-state index in [1.807, 2.05) is 6.07 Å². The summed E-state index contributed by atoms with van der Waals surface area (Å²) in [5, 5.41) is 18.9. The molecule has 2 aromatic carbocycles. The summed E-state index contributed by atoms with van der Waals surface area (Å²) in [6, 6.07) is 15.9. The molecular weight excluding hydrogens is 376 g/mol. The molecule has 0 saturated heterocycles. The molecule has 152 valence electrons. The number of urea groups is 1. The van der Waals surface area contributed by atoms with Gasteiger partial charge in [-0.25, -0.2) is 9.59 Å². The highest BCUT2D eigenvalue weighted by molar-refractivity contribution is 5.93. The van der Waals surface area contributed by atoms with Crippen molar-refractivity contribution in [3.63, 3.8) is 0 Å². The maximum atomic E-state index is 11.9. The summed E-state index contributed by atoms with van der Waals surface area (Å²) in [6.07, 6.45) is 0.122. The van der Waals surface area contributed by atoms with Crippen LogP contribution in [0.4, 0.5) is 10.5 Å². The van der Waals surface area contributed by atoms with Gasteiger partial charge in [-0.2, -0.15) is 0 Å². The van der Waals surface area contributed by atoms with Gasteiger partial charge in [0, 0.05) is 12.1 Å². The SMILES string of the molecule is O=C(CNC(=O)Nc1ccccc1)NCC(=O)N[C@@H](Cc1ccccc1)C(=O)O. The quantitative estimate of drug-likeness (QED) is 0.424. The first-order valence-electron chi connectivity index (χ1n) is 8.86. The lowest BCUT2D eigenvalue weighted by Crippen LogP contribution is -2.48. The Balaban J connectivity index is 1.70. The number of carbonyl (C=O) groups excluding carboxylic acids is 3. The minimum atomic E-state index is -1.17. The van der Waals surface area contributed by atoms with Crippen molar-refractivity contribution in [3.05, 3.63) is 66.2 Å². The van der Waals surface area contributed by atoms with Crippen molar-refractivity contribution in [1.29, 1.82) is 0 Å². The van der Waals surface area contributed by atoms with Crippen LogP contribution in [0, 0.1) is 0 Å². The van der Waals surface area contributed by atoms with Gasteiger partial charge < -0.3 is 26.4 Å². The van der Waals surface area contributed by atoms with E-state index in [0.717, 1.165) is 5.56 Å². The van der Waals surface area contributed by atoms with Crippen LogP contribution in [0.5, 0.6) is 0 Å². The second-order valence-electron chi connectivity index (χ2n) is 6.10. The van der Waals surface area contributed by atoms with Crippen LogP contribution in [0.3, 0.4) is 0 Å². The van der Waals surface area contributed by atoms with Crippen molar-refractivity contribution in [2.24, 2.45) is 0 Å². The van der Waals surface area contributed by atoms with E-state index in [1.165, 1.54) is 0 Å². The van der Waals surface area contributed by atoms with Crippen LogP contribution in [-0.4, -0.2) is 48.1 Å². The van der Waals surface area contributed by atoms with Gasteiger partial charge in [0.1, 0.15) is 6.04 Å². The van der Waals surface area contributed by atoms with Crippen molar-refractivity contribution in [2.45, 2.75) is 12.5 Å². The monoisotopic (exact) mass is 398 g/mol. The van der Waals surface area contributed by atoms with Gasteiger partial charge in [-0.3, -0.25) is 9.59 Å². The summed E-state index contributed by atoms with van der Waals surface area (Å²) < 4.78 is 0. The first-order chi connectivity index (χ1) is 13.9. The molecule has 0 aliphatic carbocycles. The molecule has 9 nitrogen and oxygen atoms in total. The molecule has 0 spiro atoms. The average Bonchev–Trinajstić information content (AvgIpc) is 2.71. The van der Waals surface area contributed by atoms with E-state index in [1.54, 1.807) is 54.6 Å². The van der Waals surface area contributed by atoms with Crippen LogP contribution < -0.4 is 21.3 Å². The van der Waals surface area contributed by atoms with E-state index in [4.69, 9.17) is 0 Å². The zero-order chi connectivity index (χ0) is 21.1. The summed E-state index contributed by atoms with van der Waals surface area (Å²) in [5.41, 5.74) is 1.33. The van der Waals surface area contributed by atoms with Gasteiger partial charge in [0.05, 0.1) is 13.1 Å². The van der Waals surface area contributed by atoms with Crippen molar-refractivity contribution >= 4 is 29.5 Å². The standard InChI is InChI=1S/C20H22N4O5/c25-17(12-22-20(29)23-15-9-5-2-6-10-15)21-13-18(26)24-16(19(27)28)11-14-7-3-1-4-8-14/h1-10,16H,11-13H2,(H,21,25)(H,24,26)(H,27,28)(H2,22,23,29)/t16-/m0/s1. The van der Waals surface area contributed by atoms with Gasteiger partial charge >= 0.3 is 12.0 Å². The van der Waals surface area contributed by atoms with E-state index >= 15 is 0 Å². The fraction of sp³-hybridized carbons (Fsp3) is 0.200. The van der Waals surface area contributed by atoms with E-state index < -0.39 is 36.4 Å². The molecule has 5 N–H and O–H groups in total. The number of rotatable bonds is 9. The van der Waals surface area contributed by atoms with Gasteiger partial charge in [-0.1, -0.05) is 48.5 Å². The number of hydrogen-bond acceptors (Lipinski definition) is 4. The number of aliphatic carboxylic acids is 1. The van der Waals surface area contributed by atoms with Crippen LogP contribution >= 0.6 is 0 Å². The van der Waals surface area contributed by atoms with Gasteiger partial charge in [0.15, 0.2) is 0 Å². The normalized spacial score (nSPS) is 11.0. The number of benzene rings is 2. The molecule has 0 unspecified atom stereocenters. The molecule has 0 radical (unpaired) electrons. The molecule has 0 aliphatic heterocycles. The summed E-state index contributed by atoms with van der Waals surface area (Å²) >= 11 is 0. The highest BCUT2D eigenvalue weighted by Crippen LogP contribution is 2.04. The summed E-state index contributed by atoms with van der Waals surface area (Å²) in [6.45, 7) is -0.738. The zero-order valence-electron chi connectivity index (χ0n) is 15.6. The molecule has 0 heterocycles. The molecule has 0 aliphatic rings. The van der Waals surface area contributed by atoms with Gasteiger partial charge in [-0.15, -0.1) is 0 Å². The molecule has 9 heteroatoms. The molecule has 4 amide bonds. The number of hydrogen-bond donors (Lipinski definition) is 5.